The highest BCUT2D eigenvalue weighted by atomic mass is 35.5. The third-order valence-corrected chi connectivity index (χ3v) is 5.34. The first-order valence-corrected chi connectivity index (χ1v) is 9.86. The van der Waals surface area contributed by atoms with E-state index in [4.69, 9.17) is 20.8 Å². The molecule has 0 aliphatic carbocycles. The van der Waals surface area contributed by atoms with Crippen molar-refractivity contribution in [1.82, 2.24) is 9.88 Å². The number of carbonyl (C=O) groups is 2. The molecule has 1 amide bonds. The van der Waals surface area contributed by atoms with E-state index in [9.17, 15) is 14.7 Å². The third-order valence-electron chi connectivity index (χ3n) is 5.06. The van der Waals surface area contributed by atoms with Crippen LogP contribution in [0, 0.1) is 6.92 Å². The van der Waals surface area contributed by atoms with Crippen LogP contribution in [0.3, 0.4) is 0 Å². The zero-order chi connectivity index (χ0) is 22.1. The van der Waals surface area contributed by atoms with Crippen LogP contribution in [0.15, 0.2) is 64.9 Å². The Morgan fingerprint density at radius 2 is 2.06 bits per heavy atom. The molecule has 7 nitrogen and oxygen atoms in total. The second kappa shape index (κ2) is 8.28. The maximum absolute atomic E-state index is 13.1. The Hall–Kier alpha value is -3.58. The highest BCUT2D eigenvalue weighted by Gasteiger charge is 2.47. The number of carbonyl (C=O) groups excluding carboxylic acids is 2. The molecule has 0 saturated carbocycles. The maximum Gasteiger partial charge on any atom is 0.296 e. The number of ether oxygens (including phenoxy) is 1. The lowest BCUT2D eigenvalue weighted by molar-refractivity contribution is -0.140. The standard InChI is InChI=1S/C23H19ClN2O5/c1-13-10-15(22(30-2)16(24)11-13)20(27)18-19(17-7-5-9-31-17)26(23(29)21(18)28)12-14-6-3-4-8-25-14/h3-11,19,27H,12H2,1-2H3/b20-18-. The smallest absolute Gasteiger partial charge is 0.296 e. The van der Waals surface area contributed by atoms with Gasteiger partial charge in [0.1, 0.15) is 23.3 Å². The number of halogens is 1. The zero-order valence-corrected chi connectivity index (χ0v) is 17.6. The van der Waals surface area contributed by atoms with Crippen LogP contribution >= 0.6 is 11.6 Å². The van der Waals surface area contributed by atoms with Crippen LogP contribution in [-0.2, 0) is 16.1 Å². The molecule has 3 heterocycles. The minimum Gasteiger partial charge on any atom is -0.507 e. The Bertz CT molecular complexity index is 1170. The third kappa shape index (κ3) is 3.68. The summed E-state index contributed by atoms with van der Waals surface area (Å²) in [6.45, 7) is 1.87. The minimum absolute atomic E-state index is 0.0687. The summed E-state index contributed by atoms with van der Waals surface area (Å²) < 4.78 is 10.9. The monoisotopic (exact) mass is 438 g/mol. The second-order valence-electron chi connectivity index (χ2n) is 7.09. The molecule has 1 N–H and O–H groups in total. The van der Waals surface area contributed by atoms with Crippen molar-refractivity contribution in [1.29, 1.82) is 0 Å². The van der Waals surface area contributed by atoms with E-state index in [1.165, 1.54) is 18.3 Å². The quantitative estimate of drug-likeness (QED) is 0.363. The van der Waals surface area contributed by atoms with Gasteiger partial charge in [-0.1, -0.05) is 17.7 Å². The number of aliphatic hydroxyl groups is 1. The van der Waals surface area contributed by atoms with Gasteiger partial charge in [-0.3, -0.25) is 14.6 Å². The summed E-state index contributed by atoms with van der Waals surface area (Å²) in [5.41, 5.74) is 1.47. The molecule has 4 rings (SSSR count). The lowest BCUT2D eigenvalue weighted by Crippen LogP contribution is -2.29. The SMILES string of the molecule is COc1c(Cl)cc(C)cc1/C(O)=C1/C(=O)C(=O)N(Cc2ccccn2)C1c1ccco1. The van der Waals surface area contributed by atoms with Gasteiger partial charge in [-0.15, -0.1) is 0 Å². The lowest BCUT2D eigenvalue weighted by atomic mass is 9.98. The van der Waals surface area contributed by atoms with Crippen LogP contribution in [-0.4, -0.2) is 33.8 Å². The number of amides is 1. The number of aryl methyl sites for hydroxylation is 1. The number of benzene rings is 1. The number of aliphatic hydroxyl groups excluding tert-OH is 1. The molecule has 1 aliphatic rings. The fourth-order valence-electron chi connectivity index (χ4n) is 3.71. The molecule has 2 aromatic heterocycles. The van der Waals surface area contributed by atoms with Crippen molar-refractivity contribution in [3.8, 4) is 5.75 Å². The summed E-state index contributed by atoms with van der Waals surface area (Å²) in [5, 5.41) is 11.5. The largest absolute Gasteiger partial charge is 0.507 e. The Balaban J connectivity index is 1.90. The Morgan fingerprint density at radius 3 is 2.71 bits per heavy atom. The van der Waals surface area contributed by atoms with Crippen LogP contribution in [0.25, 0.3) is 5.76 Å². The molecule has 1 saturated heterocycles. The number of methoxy groups -OCH3 is 1. The molecule has 1 unspecified atom stereocenters. The fourth-order valence-corrected chi connectivity index (χ4v) is 4.06. The lowest BCUT2D eigenvalue weighted by Gasteiger charge is -2.23. The van der Waals surface area contributed by atoms with Crippen molar-refractivity contribution in [2.45, 2.75) is 19.5 Å². The first-order chi connectivity index (χ1) is 14.9. The molecular weight excluding hydrogens is 420 g/mol. The number of nitrogens with zero attached hydrogens (tertiary/aromatic N) is 2. The van der Waals surface area contributed by atoms with Crippen molar-refractivity contribution >= 4 is 29.1 Å². The number of furan rings is 1. The van der Waals surface area contributed by atoms with Crippen LogP contribution in [0.1, 0.15) is 28.6 Å². The number of Topliss-reactive ketones (excluding diaryl/α,β-unsaturated/α-hetero) is 1. The van der Waals surface area contributed by atoms with E-state index >= 15 is 0 Å². The number of hydrogen-bond acceptors (Lipinski definition) is 6. The van der Waals surface area contributed by atoms with E-state index in [-0.39, 0.29) is 34.2 Å². The van der Waals surface area contributed by atoms with Gasteiger partial charge in [0.15, 0.2) is 0 Å². The first-order valence-electron chi connectivity index (χ1n) is 9.48. The molecule has 31 heavy (non-hydrogen) atoms. The van der Waals surface area contributed by atoms with Gasteiger partial charge in [-0.25, -0.2) is 0 Å². The Morgan fingerprint density at radius 1 is 1.26 bits per heavy atom. The maximum atomic E-state index is 13.1. The highest BCUT2D eigenvalue weighted by molar-refractivity contribution is 6.46. The molecule has 0 radical (unpaired) electrons. The highest BCUT2D eigenvalue weighted by Crippen LogP contribution is 2.43. The number of ketones is 1. The van der Waals surface area contributed by atoms with E-state index in [2.05, 4.69) is 4.98 Å². The molecular formula is C23H19ClN2O5. The second-order valence-corrected chi connectivity index (χ2v) is 7.50. The van der Waals surface area contributed by atoms with Gasteiger partial charge in [0.05, 0.1) is 41.8 Å². The van der Waals surface area contributed by atoms with Gasteiger partial charge in [0.25, 0.3) is 11.7 Å². The number of aromatic nitrogens is 1. The summed E-state index contributed by atoms with van der Waals surface area (Å²) in [5.74, 6) is -1.42. The van der Waals surface area contributed by atoms with Crippen molar-refractivity contribution < 1.29 is 23.8 Å². The molecule has 0 spiro atoms. The van der Waals surface area contributed by atoms with Crippen LogP contribution in [0.5, 0.6) is 5.75 Å². The molecule has 0 bridgehead atoms. The summed E-state index contributed by atoms with van der Waals surface area (Å²) >= 11 is 6.27. The van der Waals surface area contributed by atoms with Crippen molar-refractivity contribution in [2.24, 2.45) is 0 Å². The minimum atomic E-state index is -0.930. The molecule has 8 heteroatoms. The van der Waals surface area contributed by atoms with E-state index in [0.29, 0.717) is 11.5 Å². The van der Waals surface area contributed by atoms with Gasteiger partial charge >= 0.3 is 0 Å². The number of pyridine rings is 1. The summed E-state index contributed by atoms with van der Waals surface area (Å²) in [6, 6.07) is 11.0. The van der Waals surface area contributed by atoms with E-state index in [0.717, 1.165) is 5.56 Å². The number of rotatable bonds is 5. The van der Waals surface area contributed by atoms with Crippen LogP contribution in [0.2, 0.25) is 5.02 Å². The normalized spacial score (nSPS) is 17.9. The summed E-state index contributed by atoms with van der Waals surface area (Å²) in [4.78, 5) is 31.6. The van der Waals surface area contributed by atoms with E-state index in [1.807, 2.05) is 0 Å². The van der Waals surface area contributed by atoms with Crippen molar-refractivity contribution in [3.05, 3.63) is 88.1 Å². The molecule has 1 fully saturated rings. The zero-order valence-electron chi connectivity index (χ0n) is 16.8. The predicted molar refractivity (Wildman–Crippen MR) is 114 cm³/mol. The van der Waals surface area contributed by atoms with Crippen molar-refractivity contribution in [3.63, 3.8) is 0 Å². The summed E-state index contributed by atoms with van der Waals surface area (Å²) in [6.07, 6.45) is 3.05. The number of hydrogen-bond donors (Lipinski definition) is 1. The van der Waals surface area contributed by atoms with Gasteiger partial charge in [-0.05, 0) is 48.9 Å². The van der Waals surface area contributed by atoms with Crippen LogP contribution in [0.4, 0.5) is 0 Å². The summed E-state index contributed by atoms with van der Waals surface area (Å²) in [7, 11) is 1.41. The van der Waals surface area contributed by atoms with Crippen molar-refractivity contribution in [2.75, 3.05) is 7.11 Å². The topological polar surface area (TPSA) is 92.9 Å². The molecule has 158 valence electrons. The first kappa shape index (κ1) is 20.7. The van der Waals surface area contributed by atoms with E-state index in [1.54, 1.807) is 55.6 Å². The molecule has 1 atom stereocenters. The van der Waals surface area contributed by atoms with Gasteiger partial charge in [0.2, 0.25) is 0 Å². The van der Waals surface area contributed by atoms with Gasteiger partial charge < -0.3 is 19.2 Å². The average molecular weight is 439 g/mol. The number of likely N-dealkylation sites (tertiary alicyclic amines) is 1. The Labute approximate surface area is 183 Å². The van der Waals surface area contributed by atoms with E-state index < -0.39 is 17.7 Å². The fraction of sp³-hybridized carbons (Fsp3) is 0.174. The van der Waals surface area contributed by atoms with Gasteiger partial charge in [-0.2, -0.15) is 0 Å². The molecule has 1 aromatic carbocycles. The van der Waals surface area contributed by atoms with Crippen LogP contribution < -0.4 is 4.74 Å². The Kier molecular flexibility index (Phi) is 5.52. The predicted octanol–water partition coefficient (Wildman–Crippen LogP) is 4.27. The average Bonchev–Trinajstić information content (AvgIpc) is 3.36. The molecule has 3 aromatic rings. The van der Waals surface area contributed by atoms with Gasteiger partial charge in [0, 0.05) is 6.20 Å². The molecule has 1 aliphatic heterocycles.